The molecule has 0 unspecified atom stereocenters. The summed E-state index contributed by atoms with van der Waals surface area (Å²) in [6.07, 6.45) is 6.14. The summed E-state index contributed by atoms with van der Waals surface area (Å²) in [4.78, 5) is 20.1. The van der Waals surface area contributed by atoms with Crippen molar-refractivity contribution in [1.29, 1.82) is 0 Å². The van der Waals surface area contributed by atoms with Crippen LogP contribution >= 0.6 is 0 Å². The summed E-state index contributed by atoms with van der Waals surface area (Å²) in [5, 5.41) is 1.01. The average Bonchev–Trinajstić information content (AvgIpc) is 3.20. The quantitative estimate of drug-likeness (QED) is 0.845. The molecule has 1 saturated heterocycles. The monoisotopic (exact) mass is 292 g/mol. The van der Waals surface area contributed by atoms with Crippen LogP contribution in [0.15, 0.2) is 30.3 Å². The number of rotatable bonds is 2. The number of carbonyl (C=O) groups is 1. The molecule has 1 aliphatic heterocycles. The van der Waals surface area contributed by atoms with Crippen molar-refractivity contribution in [3.63, 3.8) is 0 Å². The van der Waals surface area contributed by atoms with Gasteiger partial charge in [-0.15, -0.1) is 0 Å². The minimum Gasteiger partial charge on any atom is -0.335 e. The van der Waals surface area contributed by atoms with Crippen LogP contribution in [0.4, 0.5) is 0 Å². The van der Waals surface area contributed by atoms with Gasteiger partial charge in [0.1, 0.15) is 0 Å². The molecule has 1 aromatic carbocycles. The van der Waals surface area contributed by atoms with Crippen molar-refractivity contribution < 1.29 is 4.79 Å². The van der Waals surface area contributed by atoms with E-state index in [0.29, 0.717) is 12.0 Å². The van der Waals surface area contributed by atoms with Crippen LogP contribution in [0.25, 0.3) is 10.9 Å². The molecule has 3 nitrogen and oxygen atoms in total. The molecule has 22 heavy (non-hydrogen) atoms. The van der Waals surface area contributed by atoms with Crippen molar-refractivity contribution in [3.05, 3.63) is 41.6 Å². The van der Waals surface area contributed by atoms with Gasteiger partial charge in [-0.3, -0.25) is 9.78 Å². The fraction of sp³-hybridized carbons (Fsp3) is 0.474. The molecule has 112 valence electrons. The van der Waals surface area contributed by atoms with Crippen LogP contribution in [0, 0.1) is 5.92 Å². The number of carbonyl (C=O) groups excluding carboxylic acids is 1. The maximum absolute atomic E-state index is 13.1. The van der Waals surface area contributed by atoms with Crippen molar-refractivity contribution >= 4 is 16.8 Å². The molecule has 2 aromatic rings. The van der Waals surface area contributed by atoms with Gasteiger partial charge in [-0.25, -0.2) is 0 Å². The second kappa shape index (κ2) is 4.55. The van der Waals surface area contributed by atoms with Crippen molar-refractivity contribution in [2.24, 2.45) is 5.92 Å². The predicted molar refractivity (Wildman–Crippen MR) is 85.9 cm³/mol. The Labute approximate surface area is 130 Å². The molecule has 3 fully saturated rings. The van der Waals surface area contributed by atoms with Gasteiger partial charge in [0.15, 0.2) is 0 Å². The van der Waals surface area contributed by atoms with Crippen LogP contribution in [-0.2, 0) is 0 Å². The van der Waals surface area contributed by atoms with Crippen LogP contribution in [0.5, 0.6) is 0 Å². The van der Waals surface area contributed by atoms with E-state index in [0.717, 1.165) is 34.6 Å². The number of piperidine rings is 1. The second-order valence-electron chi connectivity index (χ2n) is 7.18. The molecule has 5 rings (SSSR count). The van der Waals surface area contributed by atoms with Crippen LogP contribution in [-0.4, -0.2) is 28.4 Å². The Hall–Kier alpha value is -1.90. The topological polar surface area (TPSA) is 33.2 Å². The lowest BCUT2D eigenvalue weighted by Gasteiger charge is -2.27. The fourth-order valence-electron chi connectivity index (χ4n) is 4.29. The number of fused-ring (bicyclic) bond motifs is 3. The molecule has 2 saturated carbocycles. The van der Waals surface area contributed by atoms with E-state index in [4.69, 9.17) is 4.98 Å². The van der Waals surface area contributed by atoms with Crippen LogP contribution in [0.1, 0.15) is 54.1 Å². The first-order valence-electron chi connectivity index (χ1n) is 8.50. The van der Waals surface area contributed by atoms with Gasteiger partial charge < -0.3 is 4.90 Å². The van der Waals surface area contributed by atoms with Gasteiger partial charge in [-0.1, -0.05) is 18.2 Å². The molecule has 1 aromatic heterocycles. The van der Waals surface area contributed by atoms with Crippen LogP contribution < -0.4 is 0 Å². The SMILES string of the molecule is O=C(c1cc(C2CC2)nc2ccccc12)N1C[C@H]2CC[C@H]1C2. The highest BCUT2D eigenvalue weighted by Crippen LogP contribution is 2.42. The number of para-hydroxylation sites is 1. The predicted octanol–water partition coefficient (Wildman–Crippen LogP) is 3.74. The summed E-state index contributed by atoms with van der Waals surface area (Å²) in [6, 6.07) is 10.7. The van der Waals surface area contributed by atoms with Crippen molar-refractivity contribution in [2.75, 3.05) is 6.54 Å². The summed E-state index contributed by atoms with van der Waals surface area (Å²) >= 11 is 0. The van der Waals surface area contributed by atoms with E-state index in [2.05, 4.69) is 11.0 Å². The maximum Gasteiger partial charge on any atom is 0.254 e. The van der Waals surface area contributed by atoms with E-state index in [1.165, 1.54) is 32.1 Å². The lowest BCUT2D eigenvalue weighted by Crippen LogP contribution is -2.37. The van der Waals surface area contributed by atoms with Crippen molar-refractivity contribution in [3.8, 4) is 0 Å². The van der Waals surface area contributed by atoms with Crippen molar-refractivity contribution in [1.82, 2.24) is 9.88 Å². The zero-order valence-electron chi connectivity index (χ0n) is 12.7. The van der Waals surface area contributed by atoms with E-state index in [9.17, 15) is 4.79 Å². The Balaban J connectivity index is 1.61. The first-order chi connectivity index (χ1) is 10.8. The van der Waals surface area contributed by atoms with Gasteiger partial charge in [0, 0.05) is 29.6 Å². The third-order valence-corrected chi connectivity index (χ3v) is 5.63. The number of pyridine rings is 1. The summed E-state index contributed by atoms with van der Waals surface area (Å²) in [5.41, 5.74) is 2.96. The minimum absolute atomic E-state index is 0.229. The summed E-state index contributed by atoms with van der Waals surface area (Å²) in [6.45, 7) is 0.957. The Morgan fingerprint density at radius 2 is 2.00 bits per heavy atom. The van der Waals surface area contributed by atoms with E-state index < -0.39 is 0 Å². The molecular weight excluding hydrogens is 272 g/mol. The summed E-state index contributed by atoms with van der Waals surface area (Å²) in [5.74, 6) is 1.55. The van der Waals surface area contributed by atoms with Gasteiger partial charge in [0.2, 0.25) is 0 Å². The summed E-state index contributed by atoms with van der Waals surface area (Å²) in [7, 11) is 0. The molecule has 2 aliphatic carbocycles. The molecule has 2 atom stereocenters. The Morgan fingerprint density at radius 1 is 1.14 bits per heavy atom. The normalized spacial score (nSPS) is 26.8. The fourth-order valence-corrected chi connectivity index (χ4v) is 4.29. The highest BCUT2D eigenvalue weighted by Gasteiger charge is 2.41. The lowest BCUT2D eigenvalue weighted by atomic mass is 10.0. The minimum atomic E-state index is 0.229. The molecule has 0 radical (unpaired) electrons. The maximum atomic E-state index is 13.1. The third-order valence-electron chi connectivity index (χ3n) is 5.63. The van der Waals surface area contributed by atoms with E-state index in [1.54, 1.807) is 0 Å². The lowest BCUT2D eigenvalue weighted by molar-refractivity contribution is 0.0705. The standard InChI is InChI=1S/C19H20N2O/c22-19(21-11-12-5-8-14(21)9-12)16-10-18(13-6-7-13)20-17-4-2-1-3-15(16)17/h1-4,10,12-14H,5-9,11H2/t12-,14-/m0/s1. The highest BCUT2D eigenvalue weighted by molar-refractivity contribution is 6.06. The number of amides is 1. The Kier molecular flexibility index (Phi) is 2.61. The first kappa shape index (κ1) is 12.6. The molecular formula is C19H20N2O. The van der Waals surface area contributed by atoms with Crippen molar-refractivity contribution in [2.45, 2.75) is 44.1 Å². The van der Waals surface area contributed by atoms with E-state index in [-0.39, 0.29) is 5.91 Å². The van der Waals surface area contributed by atoms with Gasteiger partial charge in [-0.05, 0) is 50.2 Å². The molecule has 0 N–H and O–H groups in total. The summed E-state index contributed by atoms with van der Waals surface area (Å²) < 4.78 is 0. The average molecular weight is 292 g/mol. The molecule has 3 aliphatic rings. The second-order valence-corrected chi connectivity index (χ2v) is 7.18. The molecule has 0 spiro atoms. The zero-order chi connectivity index (χ0) is 14.7. The van der Waals surface area contributed by atoms with Gasteiger partial charge >= 0.3 is 0 Å². The molecule has 2 bridgehead atoms. The van der Waals surface area contributed by atoms with Gasteiger partial charge in [-0.2, -0.15) is 0 Å². The number of aromatic nitrogens is 1. The van der Waals surface area contributed by atoms with Gasteiger partial charge in [0.25, 0.3) is 5.91 Å². The molecule has 1 amide bonds. The van der Waals surface area contributed by atoms with E-state index >= 15 is 0 Å². The number of hydrogen-bond donors (Lipinski definition) is 0. The number of hydrogen-bond acceptors (Lipinski definition) is 2. The zero-order valence-corrected chi connectivity index (χ0v) is 12.7. The smallest absolute Gasteiger partial charge is 0.254 e. The Morgan fingerprint density at radius 3 is 2.73 bits per heavy atom. The Bertz CT molecular complexity index is 765. The number of likely N-dealkylation sites (tertiary alicyclic amines) is 1. The highest BCUT2D eigenvalue weighted by atomic mass is 16.2. The molecule has 3 heteroatoms. The van der Waals surface area contributed by atoms with Gasteiger partial charge in [0.05, 0.1) is 11.1 Å². The van der Waals surface area contributed by atoms with Crippen LogP contribution in [0.3, 0.4) is 0 Å². The largest absolute Gasteiger partial charge is 0.335 e. The molecule has 2 heterocycles. The van der Waals surface area contributed by atoms with Crippen LogP contribution in [0.2, 0.25) is 0 Å². The third kappa shape index (κ3) is 1.88. The van der Waals surface area contributed by atoms with E-state index in [1.807, 2.05) is 24.3 Å². The number of nitrogens with zero attached hydrogens (tertiary/aromatic N) is 2. The first-order valence-corrected chi connectivity index (χ1v) is 8.50. The number of benzene rings is 1.